The highest BCUT2D eigenvalue weighted by Crippen LogP contribution is 2.39. The summed E-state index contributed by atoms with van der Waals surface area (Å²) in [6.45, 7) is 7.03. The van der Waals surface area contributed by atoms with Crippen molar-refractivity contribution >= 4 is 0 Å². The van der Waals surface area contributed by atoms with Crippen molar-refractivity contribution in [3.8, 4) is 0 Å². The van der Waals surface area contributed by atoms with Gasteiger partial charge in [-0.2, -0.15) is 0 Å². The molecule has 0 bridgehead atoms. The third-order valence-corrected chi connectivity index (χ3v) is 6.27. The minimum Gasteiger partial charge on any atom is -0.384 e. The average Bonchev–Trinajstić information content (AvgIpc) is 3.10. The molecule has 0 amide bonds. The highest BCUT2D eigenvalue weighted by Gasteiger charge is 2.41. The lowest BCUT2D eigenvalue weighted by atomic mass is 9.79. The van der Waals surface area contributed by atoms with Gasteiger partial charge in [0.1, 0.15) is 11.6 Å². The van der Waals surface area contributed by atoms with E-state index in [1.165, 1.54) is 30.4 Å². The number of rotatable bonds is 7. The van der Waals surface area contributed by atoms with Gasteiger partial charge in [-0.25, -0.2) is 14.4 Å². The van der Waals surface area contributed by atoms with Crippen molar-refractivity contribution in [1.82, 2.24) is 19.8 Å². The molecule has 29 heavy (non-hydrogen) atoms. The minimum absolute atomic E-state index is 0.161. The summed E-state index contributed by atoms with van der Waals surface area (Å²) in [5.74, 6) is 0.684. The highest BCUT2D eigenvalue weighted by atomic mass is 19.1. The van der Waals surface area contributed by atoms with Crippen LogP contribution in [-0.4, -0.2) is 59.7 Å². The Morgan fingerprint density at radius 1 is 0.966 bits per heavy atom. The molecule has 1 atom stereocenters. The molecule has 1 spiro atoms. The molecule has 5 nitrogen and oxygen atoms in total. The molecule has 1 unspecified atom stereocenters. The summed E-state index contributed by atoms with van der Waals surface area (Å²) in [7, 11) is 1.70. The fraction of sp³-hybridized carbons (Fsp3) is 0.565. The zero-order valence-corrected chi connectivity index (χ0v) is 17.3. The van der Waals surface area contributed by atoms with Gasteiger partial charge in [0.05, 0.1) is 6.61 Å². The molecule has 1 aromatic carbocycles. The van der Waals surface area contributed by atoms with Gasteiger partial charge in [0, 0.05) is 57.7 Å². The van der Waals surface area contributed by atoms with E-state index in [0.717, 1.165) is 51.5 Å². The standard InChI is InChI=1S/C23H31FN4O/c1-29-12-7-22-25-13-20(14-26-22)16-28-11-9-23(18-28)8-2-10-27(17-23)15-19-3-5-21(24)6-4-19/h3-6,13-14H,2,7-12,15-18H2,1H3. The van der Waals surface area contributed by atoms with E-state index in [9.17, 15) is 4.39 Å². The monoisotopic (exact) mass is 398 g/mol. The van der Waals surface area contributed by atoms with Crippen molar-refractivity contribution in [3.63, 3.8) is 0 Å². The number of halogens is 1. The fourth-order valence-electron chi connectivity index (χ4n) is 4.83. The molecule has 2 saturated heterocycles. The van der Waals surface area contributed by atoms with Crippen LogP contribution in [0.25, 0.3) is 0 Å². The Bertz CT molecular complexity index is 782. The molecular weight excluding hydrogens is 367 g/mol. The van der Waals surface area contributed by atoms with Crippen LogP contribution < -0.4 is 0 Å². The molecule has 0 saturated carbocycles. The third kappa shape index (κ3) is 5.38. The molecular formula is C23H31FN4O. The average molecular weight is 399 g/mol. The maximum absolute atomic E-state index is 13.2. The topological polar surface area (TPSA) is 41.5 Å². The van der Waals surface area contributed by atoms with Gasteiger partial charge in [0.25, 0.3) is 0 Å². The Morgan fingerprint density at radius 2 is 1.66 bits per heavy atom. The van der Waals surface area contributed by atoms with Gasteiger partial charge in [0.2, 0.25) is 0 Å². The largest absolute Gasteiger partial charge is 0.384 e. The van der Waals surface area contributed by atoms with Gasteiger partial charge in [-0.3, -0.25) is 9.80 Å². The smallest absolute Gasteiger partial charge is 0.130 e. The van der Waals surface area contributed by atoms with Gasteiger partial charge < -0.3 is 4.74 Å². The first-order valence-electron chi connectivity index (χ1n) is 10.6. The predicted molar refractivity (Wildman–Crippen MR) is 111 cm³/mol. The molecule has 6 heteroatoms. The number of hydrogen-bond donors (Lipinski definition) is 0. The molecule has 2 aromatic rings. The number of hydrogen-bond acceptors (Lipinski definition) is 5. The Labute approximate surface area is 172 Å². The highest BCUT2D eigenvalue weighted by molar-refractivity contribution is 5.16. The van der Waals surface area contributed by atoms with Crippen LogP contribution in [-0.2, 0) is 24.2 Å². The van der Waals surface area contributed by atoms with E-state index in [0.29, 0.717) is 12.0 Å². The minimum atomic E-state index is -0.161. The summed E-state index contributed by atoms with van der Waals surface area (Å²) in [4.78, 5) is 14.0. The van der Waals surface area contributed by atoms with E-state index in [1.54, 1.807) is 19.2 Å². The molecule has 4 rings (SSSR count). The number of methoxy groups -OCH3 is 1. The van der Waals surface area contributed by atoms with Crippen molar-refractivity contribution in [3.05, 3.63) is 59.4 Å². The van der Waals surface area contributed by atoms with Crippen molar-refractivity contribution in [2.75, 3.05) is 39.9 Å². The molecule has 0 radical (unpaired) electrons. The Kier molecular flexibility index (Phi) is 6.53. The first-order chi connectivity index (χ1) is 14.1. The van der Waals surface area contributed by atoms with Crippen LogP contribution in [0, 0.1) is 11.2 Å². The lowest BCUT2D eigenvalue weighted by Crippen LogP contribution is -2.44. The van der Waals surface area contributed by atoms with Crippen LogP contribution in [0.4, 0.5) is 4.39 Å². The van der Waals surface area contributed by atoms with Crippen LogP contribution >= 0.6 is 0 Å². The Balaban J connectivity index is 1.31. The summed E-state index contributed by atoms with van der Waals surface area (Å²) in [5.41, 5.74) is 2.77. The fourth-order valence-corrected chi connectivity index (χ4v) is 4.83. The lowest BCUT2D eigenvalue weighted by molar-refractivity contribution is 0.0866. The second-order valence-electron chi connectivity index (χ2n) is 8.65. The van der Waals surface area contributed by atoms with Gasteiger partial charge in [-0.05, 0) is 55.5 Å². The zero-order valence-electron chi connectivity index (χ0n) is 17.3. The van der Waals surface area contributed by atoms with Gasteiger partial charge in [-0.15, -0.1) is 0 Å². The molecule has 2 aliphatic heterocycles. The summed E-state index contributed by atoms with van der Waals surface area (Å²) in [6, 6.07) is 6.95. The van der Waals surface area contributed by atoms with Crippen LogP contribution in [0.15, 0.2) is 36.7 Å². The Morgan fingerprint density at radius 3 is 2.38 bits per heavy atom. The second-order valence-corrected chi connectivity index (χ2v) is 8.65. The maximum atomic E-state index is 13.2. The van der Waals surface area contributed by atoms with Crippen molar-refractivity contribution < 1.29 is 9.13 Å². The first kappa shape index (κ1) is 20.4. The third-order valence-electron chi connectivity index (χ3n) is 6.27. The van der Waals surface area contributed by atoms with E-state index in [2.05, 4.69) is 19.8 Å². The molecule has 2 fully saturated rings. The second kappa shape index (κ2) is 9.28. The van der Waals surface area contributed by atoms with Crippen molar-refractivity contribution in [2.24, 2.45) is 5.41 Å². The van der Waals surface area contributed by atoms with E-state index in [4.69, 9.17) is 4.74 Å². The molecule has 156 valence electrons. The number of ether oxygens (including phenoxy) is 1. The molecule has 3 heterocycles. The van der Waals surface area contributed by atoms with Crippen LogP contribution in [0.3, 0.4) is 0 Å². The molecule has 1 aromatic heterocycles. The van der Waals surface area contributed by atoms with Crippen LogP contribution in [0.2, 0.25) is 0 Å². The number of piperidine rings is 1. The van der Waals surface area contributed by atoms with E-state index >= 15 is 0 Å². The van der Waals surface area contributed by atoms with Gasteiger partial charge in [0.15, 0.2) is 0 Å². The summed E-state index contributed by atoms with van der Waals surface area (Å²) >= 11 is 0. The van der Waals surface area contributed by atoms with Crippen molar-refractivity contribution in [1.29, 1.82) is 0 Å². The number of aromatic nitrogens is 2. The quantitative estimate of drug-likeness (QED) is 0.716. The van der Waals surface area contributed by atoms with Crippen molar-refractivity contribution in [2.45, 2.75) is 38.8 Å². The Hall–Kier alpha value is -1.89. The SMILES string of the molecule is COCCc1ncc(CN2CCC3(CCCN(Cc4ccc(F)cc4)C3)C2)cn1. The summed E-state index contributed by atoms with van der Waals surface area (Å²) < 4.78 is 18.3. The van der Waals surface area contributed by atoms with Gasteiger partial charge >= 0.3 is 0 Å². The van der Waals surface area contributed by atoms with Crippen LogP contribution in [0.5, 0.6) is 0 Å². The zero-order chi connectivity index (χ0) is 20.1. The number of nitrogens with zero attached hydrogens (tertiary/aromatic N) is 4. The molecule has 0 aliphatic carbocycles. The van der Waals surface area contributed by atoms with Gasteiger partial charge in [-0.1, -0.05) is 12.1 Å². The molecule has 0 N–H and O–H groups in total. The maximum Gasteiger partial charge on any atom is 0.130 e. The number of benzene rings is 1. The van der Waals surface area contributed by atoms with E-state index in [1.807, 2.05) is 24.5 Å². The predicted octanol–water partition coefficient (Wildman–Crippen LogP) is 3.29. The van der Waals surface area contributed by atoms with E-state index in [-0.39, 0.29) is 5.82 Å². The lowest BCUT2D eigenvalue weighted by Gasteiger charge is -2.40. The summed E-state index contributed by atoms with van der Waals surface area (Å²) in [6.07, 6.45) is 8.48. The first-order valence-corrected chi connectivity index (χ1v) is 10.6. The van der Waals surface area contributed by atoms with Crippen LogP contribution in [0.1, 0.15) is 36.2 Å². The number of likely N-dealkylation sites (tertiary alicyclic amines) is 2. The summed E-state index contributed by atoms with van der Waals surface area (Å²) in [5, 5.41) is 0. The van der Waals surface area contributed by atoms with E-state index < -0.39 is 0 Å². The normalized spacial score (nSPS) is 23.1. The molecule has 2 aliphatic rings.